The van der Waals surface area contributed by atoms with Gasteiger partial charge in [0.15, 0.2) is 0 Å². The molecule has 1 aliphatic carbocycles. The van der Waals surface area contributed by atoms with E-state index in [1.165, 1.54) is 0 Å². The molecule has 0 spiro atoms. The van der Waals surface area contributed by atoms with Crippen LogP contribution in [-0.4, -0.2) is 24.7 Å². The first-order valence-electron chi connectivity index (χ1n) is 6.53. The first-order chi connectivity index (χ1) is 8.19. The van der Waals surface area contributed by atoms with Crippen LogP contribution in [0.25, 0.3) is 0 Å². The minimum Gasteiger partial charge on any atom is -0.378 e. The smallest absolute Gasteiger partial charge is 0.220 e. The number of rotatable bonds is 7. The Morgan fingerprint density at radius 1 is 1.53 bits per heavy atom. The molecule has 1 amide bonds. The zero-order chi connectivity index (χ0) is 12.7. The van der Waals surface area contributed by atoms with Gasteiger partial charge >= 0.3 is 0 Å². The molecule has 1 rings (SSSR count). The number of amides is 1. The van der Waals surface area contributed by atoms with Crippen molar-refractivity contribution in [1.29, 1.82) is 0 Å². The molecule has 1 unspecified atom stereocenters. The summed E-state index contributed by atoms with van der Waals surface area (Å²) in [5.74, 6) is 3.22. The van der Waals surface area contributed by atoms with E-state index in [1.54, 1.807) is 0 Å². The molecule has 96 valence electrons. The van der Waals surface area contributed by atoms with Crippen LogP contribution in [0.15, 0.2) is 0 Å². The van der Waals surface area contributed by atoms with Crippen LogP contribution < -0.4 is 5.32 Å². The topological polar surface area (TPSA) is 38.3 Å². The SMILES string of the molecule is C#CCC(CC)NC(=O)CC1CC(OCC)C1. The summed E-state index contributed by atoms with van der Waals surface area (Å²) >= 11 is 0. The maximum atomic E-state index is 11.7. The van der Waals surface area contributed by atoms with Gasteiger partial charge in [0.05, 0.1) is 6.10 Å². The summed E-state index contributed by atoms with van der Waals surface area (Å²) in [6, 6.07) is 0.135. The van der Waals surface area contributed by atoms with Gasteiger partial charge in [-0.05, 0) is 32.1 Å². The second-order valence-electron chi connectivity index (χ2n) is 4.70. The highest BCUT2D eigenvalue weighted by Gasteiger charge is 2.31. The lowest BCUT2D eigenvalue weighted by molar-refractivity contribution is -0.125. The van der Waals surface area contributed by atoms with Gasteiger partial charge in [-0.2, -0.15) is 0 Å². The fourth-order valence-electron chi connectivity index (χ4n) is 2.20. The number of nitrogens with one attached hydrogen (secondary N) is 1. The van der Waals surface area contributed by atoms with Gasteiger partial charge in [0, 0.05) is 25.5 Å². The normalized spacial score (nSPS) is 24.5. The van der Waals surface area contributed by atoms with Crippen LogP contribution in [0.3, 0.4) is 0 Å². The highest BCUT2D eigenvalue weighted by atomic mass is 16.5. The molecule has 0 aromatic rings. The molecule has 1 atom stereocenters. The highest BCUT2D eigenvalue weighted by Crippen LogP contribution is 2.32. The Hall–Kier alpha value is -1.01. The molecule has 0 radical (unpaired) electrons. The summed E-state index contributed by atoms with van der Waals surface area (Å²) in [7, 11) is 0. The molecule has 0 aliphatic heterocycles. The van der Waals surface area contributed by atoms with E-state index in [9.17, 15) is 4.79 Å². The highest BCUT2D eigenvalue weighted by molar-refractivity contribution is 5.76. The number of hydrogen-bond acceptors (Lipinski definition) is 2. The molecule has 1 N–H and O–H groups in total. The van der Waals surface area contributed by atoms with Crippen molar-refractivity contribution < 1.29 is 9.53 Å². The lowest BCUT2D eigenvalue weighted by Crippen LogP contribution is -2.39. The molecule has 0 heterocycles. The fourth-order valence-corrected chi connectivity index (χ4v) is 2.20. The molecule has 3 heteroatoms. The Bertz CT molecular complexity index is 276. The molecule has 0 aromatic heterocycles. The zero-order valence-electron chi connectivity index (χ0n) is 10.9. The van der Waals surface area contributed by atoms with Crippen LogP contribution in [0.2, 0.25) is 0 Å². The molecular weight excluding hydrogens is 214 g/mol. The van der Waals surface area contributed by atoms with Gasteiger partial charge in [-0.15, -0.1) is 12.3 Å². The van der Waals surface area contributed by atoms with E-state index in [-0.39, 0.29) is 11.9 Å². The number of carbonyl (C=O) groups excluding carboxylic acids is 1. The van der Waals surface area contributed by atoms with Gasteiger partial charge in [-0.1, -0.05) is 6.92 Å². The Balaban J connectivity index is 2.16. The van der Waals surface area contributed by atoms with Crippen LogP contribution in [-0.2, 0) is 9.53 Å². The van der Waals surface area contributed by atoms with Gasteiger partial charge in [-0.25, -0.2) is 0 Å². The lowest BCUT2D eigenvalue weighted by atomic mass is 9.80. The summed E-state index contributed by atoms with van der Waals surface area (Å²) in [5.41, 5.74) is 0. The summed E-state index contributed by atoms with van der Waals surface area (Å²) in [6.45, 7) is 4.81. The second-order valence-corrected chi connectivity index (χ2v) is 4.70. The Labute approximate surface area is 104 Å². The van der Waals surface area contributed by atoms with E-state index in [2.05, 4.69) is 11.2 Å². The molecule has 1 fully saturated rings. The quantitative estimate of drug-likeness (QED) is 0.689. The van der Waals surface area contributed by atoms with Crippen LogP contribution in [0.1, 0.15) is 46.0 Å². The van der Waals surface area contributed by atoms with Crippen molar-refractivity contribution in [3.63, 3.8) is 0 Å². The minimum absolute atomic E-state index is 0.132. The van der Waals surface area contributed by atoms with E-state index >= 15 is 0 Å². The first kappa shape index (κ1) is 14.1. The molecule has 0 saturated heterocycles. The Morgan fingerprint density at radius 3 is 2.76 bits per heavy atom. The molecule has 1 aliphatic rings. The molecular formula is C14H23NO2. The van der Waals surface area contributed by atoms with Crippen molar-refractivity contribution in [2.45, 2.75) is 58.1 Å². The van der Waals surface area contributed by atoms with Crippen LogP contribution in [0.4, 0.5) is 0 Å². The number of hydrogen-bond donors (Lipinski definition) is 1. The minimum atomic E-state index is 0.132. The van der Waals surface area contributed by atoms with Gasteiger partial charge in [0.2, 0.25) is 5.91 Å². The van der Waals surface area contributed by atoms with Crippen molar-refractivity contribution in [2.75, 3.05) is 6.61 Å². The average Bonchev–Trinajstić information content (AvgIpc) is 2.25. The van der Waals surface area contributed by atoms with Crippen molar-refractivity contribution in [2.24, 2.45) is 5.92 Å². The summed E-state index contributed by atoms with van der Waals surface area (Å²) in [4.78, 5) is 11.7. The third-order valence-corrected chi connectivity index (χ3v) is 3.29. The summed E-state index contributed by atoms with van der Waals surface area (Å²) < 4.78 is 5.47. The average molecular weight is 237 g/mol. The molecule has 1 saturated carbocycles. The van der Waals surface area contributed by atoms with Crippen LogP contribution >= 0.6 is 0 Å². The maximum absolute atomic E-state index is 11.7. The predicted molar refractivity (Wildman–Crippen MR) is 68.4 cm³/mol. The maximum Gasteiger partial charge on any atom is 0.220 e. The van der Waals surface area contributed by atoms with E-state index in [0.29, 0.717) is 24.9 Å². The van der Waals surface area contributed by atoms with E-state index in [1.807, 2.05) is 13.8 Å². The Kier molecular flexibility index (Phi) is 6.07. The van der Waals surface area contributed by atoms with Gasteiger partial charge < -0.3 is 10.1 Å². The third-order valence-electron chi connectivity index (χ3n) is 3.29. The first-order valence-corrected chi connectivity index (χ1v) is 6.53. The molecule has 0 bridgehead atoms. The molecule has 17 heavy (non-hydrogen) atoms. The summed E-state index contributed by atoms with van der Waals surface area (Å²) in [6.07, 6.45) is 9.80. The van der Waals surface area contributed by atoms with Crippen LogP contribution in [0.5, 0.6) is 0 Å². The second kappa shape index (κ2) is 7.34. The van der Waals surface area contributed by atoms with Crippen LogP contribution in [0, 0.1) is 18.3 Å². The fraction of sp³-hybridized carbons (Fsp3) is 0.786. The van der Waals surface area contributed by atoms with E-state index in [0.717, 1.165) is 25.9 Å². The van der Waals surface area contributed by atoms with E-state index in [4.69, 9.17) is 11.2 Å². The Morgan fingerprint density at radius 2 is 2.24 bits per heavy atom. The number of ether oxygens (including phenoxy) is 1. The lowest BCUT2D eigenvalue weighted by Gasteiger charge is -2.34. The number of terminal acetylenes is 1. The number of carbonyl (C=O) groups is 1. The van der Waals surface area contributed by atoms with Crippen molar-refractivity contribution in [1.82, 2.24) is 5.32 Å². The molecule has 3 nitrogen and oxygen atoms in total. The third kappa shape index (κ3) is 4.79. The standard InChI is InChI=1S/C14H23NO2/c1-4-7-12(5-2)15-14(16)10-11-8-13(9-11)17-6-3/h1,11-13H,5-10H2,2-3H3,(H,15,16). The van der Waals surface area contributed by atoms with Crippen molar-refractivity contribution >= 4 is 5.91 Å². The van der Waals surface area contributed by atoms with Gasteiger partial charge in [-0.3, -0.25) is 4.79 Å². The zero-order valence-corrected chi connectivity index (χ0v) is 10.9. The van der Waals surface area contributed by atoms with E-state index < -0.39 is 0 Å². The molecule has 0 aromatic carbocycles. The summed E-state index contributed by atoms with van der Waals surface area (Å²) in [5, 5.41) is 2.99. The monoisotopic (exact) mass is 237 g/mol. The van der Waals surface area contributed by atoms with Gasteiger partial charge in [0.25, 0.3) is 0 Å². The van der Waals surface area contributed by atoms with Crippen molar-refractivity contribution in [3.8, 4) is 12.3 Å². The largest absolute Gasteiger partial charge is 0.378 e. The van der Waals surface area contributed by atoms with Crippen molar-refractivity contribution in [3.05, 3.63) is 0 Å². The predicted octanol–water partition coefficient (Wildman–Crippen LogP) is 2.11. The van der Waals surface area contributed by atoms with Gasteiger partial charge in [0.1, 0.15) is 0 Å².